The van der Waals surface area contributed by atoms with Gasteiger partial charge in [0, 0.05) is 37.6 Å². The van der Waals surface area contributed by atoms with Crippen molar-refractivity contribution in [3.63, 3.8) is 0 Å². The Morgan fingerprint density at radius 2 is 2.00 bits per heavy atom. The van der Waals surface area contributed by atoms with Crippen molar-refractivity contribution in [1.82, 2.24) is 4.90 Å². The first-order chi connectivity index (χ1) is 13.7. The van der Waals surface area contributed by atoms with Crippen LogP contribution in [0.3, 0.4) is 0 Å². The van der Waals surface area contributed by atoms with Crippen LogP contribution < -0.4 is 9.47 Å². The van der Waals surface area contributed by atoms with Crippen LogP contribution in [0.25, 0.3) is 0 Å². The molecule has 0 bridgehead atoms. The summed E-state index contributed by atoms with van der Waals surface area (Å²) in [7, 11) is 1.68. The molecular formula is C23H29NO4. The molecule has 0 spiro atoms. The smallest absolute Gasteiger partial charge is 0.161 e. The van der Waals surface area contributed by atoms with Gasteiger partial charge in [0.05, 0.1) is 20.3 Å². The van der Waals surface area contributed by atoms with E-state index in [0.29, 0.717) is 12.5 Å². The van der Waals surface area contributed by atoms with Gasteiger partial charge >= 0.3 is 0 Å². The summed E-state index contributed by atoms with van der Waals surface area (Å²) in [6, 6.07) is 16.3. The van der Waals surface area contributed by atoms with E-state index in [-0.39, 0.29) is 12.0 Å². The molecule has 28 heavy (non-hydrogen) atoms. The summed E-state index contributed by atoms with van der Waals surface area (Å²) in [6.07, 6.45) is 0.945. The van der Waals surface area contributed by atoms with Crippen molar-refractivity contribution in [3.8, 4) is 11.5 Å². The van der Waals surface area contributed by atoms with E-state index >= 15 is 0 Å². The first kappa shape index (κ1) is 19.2. The molecule has 0 radical (unpaired) electrons. The number of rotatable bonds is 7. The van der Waals surface area contributed by atoms with Crippen LogP contribution in [0.5, 0.6) is 11.5 Å². The number of methoxy groups -OCH3 is 1. The molecule has 1 N–H and O–H groups in total. The minimum absolute atomic E-state index is 0.00106. The van der Waals surface area contributed by atoms with Gasteiger partial charge in [-0.25, -0.2) is 0 Å². The molecule has 5 nitrogen and oxygen atoms in total. The lowest BCUT2D eigenvalue weighted by atomic mass is 9.75. The molecule has 2 saturated heterocycles. The third-order valence-corrected chi connectivity index (χ3v) is 6.13. The Hall–Kier alpha value is -2.08. The predicted octanol–water partition coefficient (Wildman–Crippen LogP) is 3.11. The highest BCUT2D eigenvalue weighted by Crippen LogP contribution is 2.42. The maximum atomic E-state index is 9.99. The molecule has 0 amide bonds. The van der Waals surface area contributed by atoms with Gasteiger partial charge in [0.15, 0.2) is 11.5 Å². The molecule has 2 aromatic carbocycles. The van der Waals surface area contributed by atoms with Crippen molar-refractivity contribution < 1.29 is 19.3 Å². The average Bonchev–Trinajstić information content (AvgIpc) is 3.12. The lowest BCUT2D eigenvalue weighted by Gasteiger charge is -2.36. The Morgan fingerprint density at radius 1 is 1.14 bits per heavy atom. The van der Waals surface area contributed by atoms with E-state index in [1.807, 2.05) is 36.4 Å². The van der Waals surface area contributed by atoms with Crippen LogP contribution in [-0.2, 0) is 17.9 Å². The van der Waals surface area contributed by atoms with E-state index in [4.69, 9.17) is 14.2 Å². The maximum Gasteiger partial charge on any atom is 0.161 e. The topological polar surface area (TPSA) is 51.2 Å². The van der Waals surface area contributed by atoms with Gasteiger partial charge in [-0.3, -0.25) is 4.90 Å². The predicted molar refractivity (Wildman–Crippen MR) is 107 cm³/mol. The van der Waals surface area contributed by atoms with E-state index < -0.39 is 0 Å². The van der Waals surface area contributed by atoms with Crippen molar-refractivity contribution in [2.45, 2.75) is 19.6 Å². The number of likely N-dealkylation sites (tertiary alicyclic amines) is 1. The monoisotopic (exact) mass is 383 g/mol. The van der Waals surface area contributed by atoms with Crippen LogP contribution in [0.4, 0.5) is 0 Å². The minimum atomic E-state index is 0.00106. The number of benzene rings is 2. The summed E-state index contributed by atoms with van der Waals surface area (Å²) >= 11 is 0. The number of hydrogen-bond acceptors (Lipinski definition) is 5. The Labute approximate surface area is 166 Å². The number of ether oxygens (including phenoxy) is 3. The molecule has 0 aromatic heterocycles. The van der Waals surface area contributed by atoms with Gasteiger partial charge in [-0.15, -0.1) is 0 Å². The molecule has 2 fully saturated rings. The standard InChI is InChI=1S/C23H29NO4/c1-26-22-11-19(7-8-21(22)28-14-18-5-3-2-4-6-18)12-24-13-20-15-27-10-9-23(20,16-24)17-25/h2-8,11,20,25H,9-10,12-17H2,1H3/t20-,23-/m1/s1. The lowest BCUT2D eigenvalue weighted by Crippen LogP contribution is -2.41. The van der Waals surface area contributed by atoms with Crippen LogP contribution in [0.1, 0.15) is 17.5 Å². The summed E-state index contributed by atoms with van der Waals surface area (Å²) in [5, 5.41) is 9.99. The first-order valence-electron chi connectivity index (χ1n) is 9.97. The number of fused-ring (bicyclic) bond motifs is 1. The molecule has 0 unspecified atom stereocenters. The number of nitrogens with zero attached hydrogens (tertiary/aromatic N) is 1. The second-order valence-corrected chi connectivity index (χ2v) is 7.97. The van der Waals surface area contributed by atoms with E-state index in [0.717, 1.165) is 56.3 Å². The van der Waals surface area contributed by atoms with Crippen molar-refractivity contribution in [3.05, 3.63) is 59.7 Å². The Kier molecular flexibility index (Phi) is 5.85. The summed E-state index contributed by atoms with van der Waals surface area (Å²) < 4.78 is 17.2. The van der Waals surface area contributed by atoms with Gasteiger partial charge in [0.1, 0.15) is 6.61 Å². The fourth-order valence-corrected chi connectivity index (χ4v) is 4.46. The van der Waals surface area contributed by atoms with Crippen molar-refractivity contribution >= 4 is 0 Å². The average molecular weight is 383 g/mol. The molecule has 0 saturated carbocycles. The highest BCUT2D eigenvalue weighted by atomic mass is 16.5. The Balaban J connectivity index is 1.41. The second-order valence-electron chi connectivity index (χ2n) is 7.97. The molecule has 2 aromatic rings. The van der Waals surface area contributed by atoms with Gasteiger partial charge in [-0.2, -0.15) is 0 Å². The zero-order valence-electron chi connectivity index (χ0n) is 16.5. The van der Waals surface area contributed by atoms with Crippen molar-refractivity contribution in [2.24, 2.45) is 11.3 Å². The summed E-state index contributed by atoms with van der Waals surface area (Å²) in [5.41, 5.74) is 2.32. The van der Waals surface area contributed by atoms with Gasteiger partial charge in [0.25, 0.3) is 0 Å². The molecule has 4 rings (SSSR count). The third-order valence-electron chi connectivity index (χ3n) is 6.13. The van der Waals surface area contributed by atoms with Crippen molar-refractivity contribution in [2.75, 3.05) is 40.0 Å². The highest BCUT2D eigenvalue weighted by Gasteiger charge is 2.47. The number of aliphatic hydroxyl groups is 1. The molecule has 150 valence electrons. The van der Waals surface area contributed by atoms with Crippen LogP contribution in [0, 0.1) is 11.3 Å². The lowest BCUT2D eigenvalue weighted by molar-refractivity contribution is -0.0417. The second kappa shape index (κ2) is 8.52. The Bertz CT molecular complexity index is 781. The SMILES string of the molecule is COc1cc(CN2C[C@@H]3COCC[C@]3(CO)C2)ccc1OCc1ccccc1. The fraction of sp³-hybridized carbons (Fsp3) is 0.478. The number of aliphatic hydroxyl groups excluding tert-OH is 1. The normalized spacial score (nSPS) is 24.7. The van der Waals surface area contributed by atoms with E-state index in [1.54, 1.807) is 7.11 Å². The molecule has 2 heterocycles. The summed E-state index contributed by atoms with van der Waals surface area (Å²) in [5.74, 6) is 1.93. The van der Waals surface area contributed by atoms with E-state index in [1.165, 1.54) is 5.56 Å². The van der Waals surface area contributed by atoms with Gasteiger partial charge in [-0.1, -0.05) is 36.4 Å². The van der Waals surface area contributed by atoms with E-state index in [9.17, 15) is 5.11 Å². The first-order valence-corrected chi connectivity index (χ1v) is 9.97. The third kappa shape index (κ3) is 4.02. The molecular weight excluding hydrogens is 354 g/mol. The molecule has 5 heteroatoms. The van der Waals surface area contributed by atoms with Crippen LogP contribution in [-0.4, -0.2) is 50.0 Å². The highest BCUT2D eigenvalue weighted by molar-refractivity contribution is 5.43. The van der Waals surface area contributed by atoms with Gasteiger partial charge < -0.3 is 19.3 Å². The van der Waals surface area contributed by atoms with Gasteiger partial charge in [-0.05, 0) is 29.7 Å². The Morgan fingerprint density at radius 3 is 2.75 bits per heavy atom. The molecule has 0 aliphatic carbocycles. The van der Waals surface area contributed by atoms with E-state index in [2.05, 4.69) is 17.0 Å². The fourth-order valence-electron chi connectivity index (χ4n) is 4.46. The maximum absolute atomic E-state index is 9.99. The van der Waals surface area contributed by atoms with Crippen LogP contribution in [0.2, 0.25) is 0 Å². The van der Waals surface area contributed by atoms with Gasteiger partial charge in [0.2, 0.25) is 0 Å². The summed E-state index contributed by atoms with van der Waals surface area (Å²) in [6.45, 7) is 5.00. The summed E-state index contributed by atoms with van der Waals surface area (Å²) in [4.78, 5) is 2.43. The zero-order valence-corrected chi connectivity index (χ0v) is 16.5. The quantitative estimate of drug-likeness (QED) is 0.796. The van der Waals surface area contributed by atoms with Crippen LogP contribution >= 0.6 is 0 Å². The molecule has 2 atom stereocenters. The zero-order chi connectivity index (χ0) is 19.4. The van der Waals surface area contributed by atoms with Crippen LogP contribution in [0.15, 0.2) is 48.5 Å². The molecule has 2 aliphatic rings. The van der Waals surface area contributed by atoms with Crippen molar-refractivity contribution in [1.29, 1.82) is 0 Å². The minimum Gasteiger partial charge on any atom is -0.493 e. The molecule has 2 aliphatic heterocycles. The number of hydrogen-bond donors (Lipinski definition) is 1. The largest absolute Gasteiger partial charge is 0.493 e.